The summed E-state index contributed by atoms with van der Waals surface area (Å²) >= 11 is 1.71. The molecule has 1 aliphatic carbocycles. The minimum absolute atomic E-state index is 0.00844. The van der Waals surface area contributed by atoms with E-state index >= 15 is 0 Å². The van der Waals surface area contributed by atoms with E-state index in [0.29, 0.717) is 13.0 Å². The zero-order valence-electron chi connectivity index (χ0n) is 17.1. The van der Waals surface area contributed by atoms with Gasteiger partial charge in [-0.1, -0.05) is 6.92 Å². The molecule has 2 amide bonds. The summed E-state index contributed by atoms with van der Waals surface area (Å²) in [7, 11) is 0. The topological polar surface area (TPSA) is 78.7 Å². The van der Waals surface area contributed by atoms with Gasteiger partial charge in [-0.25, -0.2) is 4.98 Å². The highest BCUT2D eigenvalue weighted by Gasteiger charge is 2.29. The van der Waals surface area contributed by atoms with Crippen LogP contribution in [-0.2, 0) is 29.0 Å². The highest BCUT2D eigenvalue weighted by molar-refractivity contribution is 7.15. The van der Waals surface area contributed by atoms with E-state index in [9.17, 15) is 9.59 Å². The van der Waals surface area contributed by atoms with Crippen LogP contribution in [0.15, 0.2) is 16.5 Å². The van der Waals surface area contributed by atoms with Crippen LogP contribution in [0.25, 0.3) is 0 Å². The van der Waals surface area contributed by atoms with Crippen molar-refractivity contribution in [2.45, 2.75) is 46.1 Å². The van der Waals surface area contributed by atoms with Crippen molar-refractivity contribution in [3.63, 3.8) is 0 Å². The summed E-state index contributed by atoms with van der Waals surface area (Å²) in [4.78, 5) is 34.8. The monoisotopic (exact) mass is 416 g/mol. The molecule has 2 aromatic rings. The second-order valence-corrected chi connectivity index (χ2v) is 8.82. The maximum Gasteiger partial charge on any atom is 0.223 e. The molecule has 8 heteroatoms. The van der Waals surface area contributed by atoms with E-state index in [1.807, 2.05) is 30.9 Å². The smallest absolute Gasteiger partial charge is 0.223 e. The van der Waals surface area contributed by atoms with Crippen molar-refractivity contribution in [1.82, 2.24) is 15.2 Å². The Labute approximate surface area is 175 Å². The number of anilines is 1. The number of rotatable bonds is 5. The van der Waals surface area contributed by atoms with Gasteiger partial charge in [-0.3, -0.25) is 9.59 Å². The van der Waals surface area contributed by atoms with Crippen molar-refractivity contribution in [3.8, 4) is 0 Å². The summed E-state index contributed by atoms with van der Waals surface area (Å²) in [5, 5.41) is 4.04. The van der Waals surface area contributed by atoms with E-state index in [-0.39, 0.29) is 17.7 Å². The SMILES string of the molecule is CCC(=O)N1CCN(c2nc3c(s2)CC(C(=O)NCc2ccc(C)o2)CC3)CC1. The molecule has 1 atom stereocenters. The van der Waals surface area contributed by atoms with Crippen LogP contribution in [0.5, 0.6) is 0 Å². The van der Waals surface area contributed by atoms with Crippen molar-refractivity contribution < 1.29 is 14.0 Å². The number of amides is 2. The Morgan fingerprint density at radius 2 is 2.07 bits per heavy atom. The minimum atomic E-state index is -0.00844. The zero-order valence-corrected chi connectivity index (χ0v) is 17.9. The van der Waals surface area contributed by atoms with Gasteiger partial charge in [-0.05, 0) is 38.3 Å². The number of thiazole rings is 1. The summed E-state index contributed by atoms with van der Waals surface area (Å²) in [5.41, 5.74) is 1.14. The van der Waals surface area contributed by atoms with Gasteiger partial charge in [0.05, 0.1) is 12.2 Å². The number of nitrogens with one attached hydrogen (secondary N) is 1. The Hall–Kier alpha value is -2.35. The fourth-order valence-electron chi connectivity index (χ4n) is 3.99. The molecule has 0 radical (unpaired) electrons. The summed E-state index contributed by atoms with van der Waals surface area (Å²) in [6, 6.07) is 3.81. The molecule has 4 rings (SSSR count). The highest BCUT2D eigenvalue weighted by Crippen LogP contribution is 2.34. The maximum atomic E-state index is 12.6. The second kappa shape index (κ2) is 8.57. The Bertz CT molecular complexity index is 882. The molecular weight excluding hydrogens is 388 g/mol. The van der Waals surface area contributed by atoms with Gasteiger partial charge in [0.25, 0.3) is 0 Å². The van der Waals surface area contributed by atoms with Crippen molar-refractivity contribution in [2.24, 2.45) is 5.92 Å². The van der Waals surface area contributed by atoms with Crippen LogP contribution < -0.4 is 10.2 Å². The lowest BCUT2D eigenvalue weighted by Crippen LogP contribution is -2.48. The molecule has 1 aliphatic heterocycles. The van der Waals surface area contributed by atoms with E-state index in [1.165, 1.54) is 4.88 Å². The lowest BCUT2D eigenvalue weighted by Gasteiger charge is -2.34. The Morgan fingerprint density at radius 1 is 1.28 bits per heavy atom. The van der Waals surface area contributed by atoms with E-state index in [1.54, 1.807) is 11.3 Å². The third-order valence-electron chi connectivity index (χ3n) is 5.74. The van der Waals surface area contributed by atoms with E-state index in [0.717, 1.165) is 67.8 Å². The Morgan fingerprint density at radius 3 is 2.76 bits per heavy atom. The second-order valence-electron chi connectivity index (χ2n) is 7.76. The number of aromatic nitrogens is 1. The number of carbonyl (C=O) groups excluding carboxylic acids is 2. The first-order valence-corrected chi connectivity index (χ1v) is 11.2. The first-order valence-electron chi connectivity index (χ1n) is 10.4. The summed E-state index contributed by atoms with van der Waals surface area (Å²) < 4.78 is 5.52. The first-order chi connectivity index (χ1) is 14.0. The molecule has 1 saturated heterocycles. The van der Waals surface area contributed by atoms with Crippen LogP contribution in [0.2, 0.25) is 0 Å². The maximum absolute atomic E-state index is 12.6. The molecule has 0 saturated carbocycles. The molecule has 7 nitrogen and oxygen atoms in total. The molecule has 2 aromatic heterocycles. The fourth-order valence-corrected chi connectivity index (χ4v) is 5.23. The molecule has 0 spiro atoms. The number of piperazine rings is 1. The lowest BCUT2D eigenvalue weighted by atomic mass is 9.90. The van der Waals surface area contributed by atoms with E-state index < -0.39 is 0 Å². The fraction of sp³-hybridized carbons (Fsp3) is 0.571. The summed E-state index contributed by atoms with van der Waals surface area (Å²) in [6.45, 7) is 7.41. The molecule has 0 bridgehead atoms. The largest absolute Gasteiger partial charge is 0.465 e. The van der Waals surface area contributed by atoms with Gasteiger partial charge >= 0.3 is 0 Å². The quantitative estimate of drug-likeness (QED) is 0.810. The number of aryl methyl sites for hydroxylation is 2. The van der Waals surface area contributed by atoms with Gasteiger partial charge in [-0.15, -0.1) is 11.3 Å². The molecular formula is C21H28N4O3S. The first kappa shape index (κ1) is 19.9. The van der Waals surface area contributed by atoms with Gasteiger partial charge in [0, 0.05) is 43.4 Å². The van der Waals surface area contributed by atoms with Crippen LogP contribution in [0.3, 0.4) is 0 Å². The normalized spacial score (nSPS) is 19.2. The lowest BCUT2D eigenvalue weighted by molar-refractivity contribution is -0.131. The van der Waals surface area contributed by atoms with E-state index in [4.69, 9.17) is 9.40 Å². The summed E-state index contributed by atoms with van der Waals surface area (Å²) in [6.07, 6.45) is 2.99. The van der Waals surface area contributed by atoms with Crippen molar-refractivity contribution in [1.29, 1.82) is 0 Å². The molecule has 0 aromatic carbocycles. The molecule has 3 heterocycles. The number of hydrogen-bond donors (Lipinski definition) is 1. The molecule has 1 fully saturated rings. The van der Waals surface area contributed by atoms with Gasteiger partial charge in [-0.2, -0.15) is 0 Å². The minimum Gasteiger partial charge on any atom is -0.465 e. The molecule has 156 valence electrons. The predicted molar refractivity (Wildman–Crippen MR) is 112 cm³/mol. The Balaban J connectivity index is 1.33. The number of hydrogen-bond acceptors (Lipinski definition) is 6. The number of nitrogens with zero attached hydrogens (tertiary/aromatic N) is 3. The van der Waals surface area contributed by atoms with Crippen LogP contribution >= 0.6 is 11.3 Å². The van der Waals surface area contributed by atoms with Crippen molar-refractivity contribution in [2.75, 3.05) is 31.1 Å². The predicted octanol–water partition coefficient (Wildman–Crippen LogP) is 2.52. The van der Waals surface area contributed by atoms with Gasteiger partial charge in [0.15, 0.2) is 5.13 Å². The van der Waals surface area contributed by atoms with E-state index in [2.05, 4.69) is 10.2 Å². The van der Waals surface area contributed by atoms with Crippen molar-refractivity contribution in [3.05, 3.63) is 34.2 Å². The third kappa shape index (κ3) is 4.47. The van der Waals surface area contributed by atoms with Crippen LogP contribution in [-0.4, -0.2) is 47.9 Å². The average Bonchev–Trinajstić information content (AvgIpc) is 3.36. The highest BCUT2D eigenvalue weighted by atomic mass is 32.1. The standard InChI is InChI=1S/C21H28N4O3S/c1-3-19(26)24-8-10-25(11-9-24)21-23-17-7-5-15(12-18(17)29-21)20(27)22-13-16-6-4-14(2)28-16/h4,6,15H,3,5,7-13H2,1-2H3,(H,22,27). The number of fused-ring (bicyclic) bond motifs is 1. The van der Waals surface area contributed by atoms with Gasteiger partial charge < -0.3 is 19.5 Å². The molecule has 29 heavy (non-hydrogen) atoms. The number of carbonyl (C=O) groups is 2. The summed E-state index contributed by atoms with van der Waals surface area (Å²) in [5.74, 6) is 1.95. The van der Waals surface area contributed by atoms with Crippen LogP contribution in [0, 0.1) is 12.8 Å². The molecule has 1 N–H and O–H groups in total. The Kier molecular flexibility index (Phi) is 5.89. The van der Waals surface area contributed by atoms with Gasteiger partial charge in [0.2, 0.25) is 11.8 Å². The number of furan rings is 1. The molecule has 1 unspecified atom stereocenters. The molecule has 2 aliphatic rings. The van der Waals surface area contributed by atoms with Gasteiger partial charge in [0.1, 0.15) is 11.5 Å². The zero-order chi connectivity index (χ0) is 20.4. The average molecular weight is 417 g/mol. The van der Waals surface area contributed by atoms with Crippen LogP contribution in [0.1, 0.15) is 41.9 Å². The van der Waals surface area contributed by atoms with Crippen molar-refractivity contribution >= 4 is 28.3 Å². The van der Waals surface area contributed by atoms with Crippen LogP contribution in [0.4, 0.5) is 5.13 Å². The third-order valence-corrected chi connectivity index (χ3v) is 6.92.